The van der Waals surface area contributed by atoms with E-state index in [2.05, 4.69) is 10.3 Å². The number of benzene rings is 1. The van der Waals surface area contributed by atoms with E-state index in [4.69, 9.17) is 5.26 Å². The second-order valence-electron chi connectivity index (χ2n) is 3.77. The molecular weight excluding hydrogens is 238 g/mol. The second kappa shape index (κ2) is 6.12. The molecule has 4 nitrogen and oxygen atoms in total. The summed E-state index contributed by atoms with van der Waals surface area (Å²) in [5, 5.41) is 11.7. The molecule has 1 amide bonds. The number of rotatable bonds is 3. The molecule has 1 N–H and O–H groups in total. The molecule has 1 heterocycles. The number of hydrogen-bond acceptors (Lipinski definition) is 3. The predicted molar refractivity (Wildman–Crippen MR) is 72.9 cm³/mol. The highest BCUT2D eigenvalue weighted by atomic mass is 16.1. The van der Waals surface area contributed by atoms with Crippen LogP contribution in [0.3, 0.4) is 0 Å². The Hall–Kier alpha value is -2.93. The van der Waals surface area contributed by atoms with E-state index in [9.17, 15) is 4.79 Å². The van der Waals surface area contributed by atoms with Gasteiger partial charge in [-0.15, -0.1) is 0 Å². The van der Waals surface area contributed by atoms with Gasteiger partial charge >= 0.3 is 0 Å². The molecule has 92 valence electrons. The maximum absolute atomic E-state index is 11.9. The molecule has 0 saturated carbocycles. The first-order valence-corrected chi connectivity index (χ1v) is 5.68. The summed E-state index contributed by atoms with van der Waals surface area (Å²) in [6, 6.07) is 14.4. The summed E-state index contributed by atoms with van der Waals surface area (Å²) in [5.41, 5.74) is 1.47. The van der Waals surface area contributed by atoms with Gasteiger partial charge in [0.05, 0.1) is 0 Å². The molecule has 0 aliphatic carbocycles. The van der Waals surface area contributed by atoms with Crippen molar-refractivity contribution in [3.8, 4) is 6.07 Å². The van der Waals surface area contributed by atoms with Crippen molar-refractivity contribution in [2.24, 2.45) is 0 Å². The minimum atomic E-state index is -0.425. The fraction of sp³-hybridized carbons (Fsp3) is 0. The van der Waals surface area contributed by atoms with Crippen LogP contribution < -0.4 is 5.32 Å². The predicted octanol–water partition coefficient (Wildman–Crippen LogP) is 2.63. The van der Waals surface area contributed by atoms with Crippen LogP contribution in [0, 0.1) is 11.3 Å². The van der Waals surface area contributed by atoms with Crippen molar-refractivity contribution in [3.05, 3.63) is 66.0 Å². The smallest absolute Gasteiger partial charge is 0.266 e. The molecule has 1 aromatic carbocycles. The molecule has 0 radical (unpaired) electrons. The Morgan fingerprint density at radius 3 is 2.47 bits per heavy atom. The van der Waals surface area contributed by atoms with Gasteiger partial charge in [0.25, 0.3) is 5.91 Å². The zero-order valence-corrected chi connectivity index (χ0v) is 10.1. The summed E-state index contributed by atoms with van der Waals surface area (Å²) < 4.78 is 0. The van der Waals surface area contributed by atoms with Gasteiger partial charge in [-0.1, -0.05) is 18.2 Å². The number of nitrogens with one attached hydrogen (secondary N) is 1. The van der Waals surface area contributed by atoms with Crippen LogP contribution in [-0.4, -0.2) is 10.9 Å². The minimum Gasteiger partial charge on any atom is -0.321 e. The third-order valence-corrected chi connectivity index (χ3v) is 2.41. The van der Waals surface area contributed by atoms with Gasteiger partial charge in [0, 0.05) is 18.1 Å². The normalized spacial score (nSPS) is 10.6. The topological polar surface area (TPSA) is 65.8 Å². The number of anilines is 1. The summed E-state index contributed by atoms with van der Waals surface area (Å²) in [4.78, 5) is 15.8. The van der Waals surface area contributed by atoms with Gasteiger partial charge in [-0.05, 0) is 35.9 Å². The molecule has 19 heavy (non-hydrogen) atoms. The lowest BCUT2D eigenvalue weighted by Gasteiger charge is -2.03. The minimum absolute atomic E-state index is 0.0510. The fourth-order valence-corrected chi connectivity index (χ4v) is 1.49. The van der Waals surface area contributed by atoms with Crippen LogP contribution in [0.4, 0.5) is 5.69 Å². The summed E-state index contributed by atoms with van der Waals surface area (Å²) in [7, 11) is 0. The molecule has 4 heteroatoms. The van der Waals surface area contributed by atoms with Gasteiger partial charge < -0.3 is 5.32 Å². The van der Waals surface area contributed by atoms with Crippen LogP contribution in [0.1, 0.15) is 5.56 Å². The van der Waals surface area contributed by atoms with Crippen molar-refractivity contribution in [2.45, 2.75) is 0 Å². The van der Waals surface area contributed by atoms with Gasteiger partial charge in [-0.2, -0.15) is 5.26 Å². The quantitative estimate of drug-likeness (QED) is 0.671. The van der Waals surface area contributed by atoms with Gasteiger partial charge in [-0.25, -0.2) is 0 Å². The SMILES string of the molecule is N#C/C(=C/c1ccncc1)C(=O)Nc1ccccc1. The summed E-state index contributed by atoms with van der Waals surface area (Å²) in [6.07, 6.45) is 4.74. The van der Waals surface area contributed by atoms with Crippen molar-refractivity contribution < 1.29 is 4.79 Å². The third kappa shape index (κ3) is 3.51. The lowest BCUT2D eigenvalue weighted by Crippen LogP contribution is -2.13. The van der Waals surface area contributed by atoms with Crippen molar-refractivity contribution in [3.63, 3.8) is 0 Å². The average Bonchev–Trinajstić information content (AvgIpc) is 2.47. The number of para-hydroxylation sites is 1. The van der Waals surface area contributed by atoms with E-state index >= 15 is 0 Å². The Bertz CT molecular complexity index is 627. The summed E-state index contributed by atoms with van der Waals surface area (Å²) in [6.45, 7) is 0. The van der Waals surface area contributed by atoms with Crippen molar-refractivity contribution in [2.75, 3.05) is 5.32 Å². The highest BCUT2D eigenvalue weighted by molar-refractivity contribution is 6.09. The Morgan fingerprint density at radius 1 is 1.16 bits per heavy atom. The summed E-state index contributed by atoms with van der Waals surface area (Å²) in [5.74, 6) is -0.425. The molecule has 0 saturated heterocycles. The Labute approximate surface area is 111 Å². The first kappa shape index (κ1) is 12.5. The fourth-order valence-electron chi connectivity index (χ4n) is 1.49. The van der Waals surface area contributed by atoms with Crippen LogP contribution in [0.5, 0.6) is 0 Å². The molecule has 0 spiro atoms. The lowest BCUT2D eigenvalue weighted by molar-refractivity contribution is -0.112. The number of aromatic nitrogens is 1. The van der Waals surface area contributed by atoms with Crippen molar-refractivity contribution in [1.29, 1.82) is 5.26 Å². The van der Waals surface area contributed by atoms with Crippen LogP contribution in [0.15, 0.2) is 60.4 Å². The molecular formula is C15H11N3O. The van der Waals surface area contributed by atoms with Crippen LogP contribution >= 0.6 is 0 Å². The number of hydrogen-bond donors (Lipinski definition) is 1. The maximum atomic E-state index is 11.9. The Balaban J connectivity index is 2.17. The largest absolute Gasteiger partial charge is 0.321 e. The monoisotopic (exact) mass is 249 g/mol. The molecule has 1 aromatic heterocycles. The van der Waals surface area contributed by atoms with Crippen LogP contribution in [0.2, 0.25) is 0 Å². The van der Waals surface area contributed by atoms with Crippen molar-refractivity contribution in [1.82, 2.24) is 4.98 Å². The number of carbonyl (C=O) groups excluding carboxylic acids is 1. The average molecular weight is 249 g/mol. The first-order chi connectivity index (χ1) is 9.29. The molecule has 0 unspecified atom stereocenters. The van der Waals surface area contributed by atoms with E-state index < -0.39 is 5.91 Å². The number of nitrogens with zero attached hydrogens (tertiary/aromatic N) is 2. The van der Waals surface area contributed by atoms with Gasteiger partial charge in [0.2, 0.25) is 0 Å². The Kier molecular flexibility index (Phi) is 4.04. The van der Waals surface area contributed by atoms with Gasteiger partial charge in [0.1, 0.15) is 11.6 Å². The zero-order valence-electron chi connectivity index (χ0n) is 10.1. The van der Waals surface area contributed by atoms with E-state index in [1.54, 1.807) is 36.7 Å². The molecule has 2 aromatic rings. The van der Waals surface area contributed by atoms with Gasteiger partial charge in [-0.3, -0.25) is 9.78 Å². The van der Waals surface area contributed by atoms with E-state index in [1.165, 1.54) is 6.08 Å². The molecule has 0 atom stereocenters. The molecule has 2 rings (SSSR count). The molecule has 0 aliphatic rings. The maximum Gasteiger partial charge on any atom is 0.266 e. The standard InChI is InChI=1S/C15H11N3O/c16-11-13(10-12-6-8-17-9-7-12)15(19)18-14-4-2-1-3-5-14/h1-10H,(H,18,19)/b13-10-. The van der Waals surface area contributed by atoms with E-state index in [-0.39, 0.29) is 5.57 Å². The number of nitriles is 1. The second-order valence-corrected chi connectivity index (χ2v) is 3.77. The van der Waals surface area contributed by atoms with Crippen LogP contribution in [-0.2, 0) is 4.79 Å². The first-order valence-electron chi connectivity index (χ1n) is 5.68. The Morgan fingerprint density at radius 2 is 1.84 bits per heavy atom. The highest BCUT2D eigenvalue weighted by Crippen LogP contribution is 2.10. The number of pyridine rings is 1. The third-order valence-electron chi connectivity index (χ3n) is 2.41. The molecule has 0 aliphatic heterocycles. The summed E-state index contributed by atoms with van der Waals surface area (Å²) >= 11 is 0. The highest BCUT2D eigenvalue weighted by Gasteiger charge is 2.08. The van der Waals surface area contributed by atoms with E-state index in [1.807, 2.05) is 24.3 Å². The number of carbonyl (C=O) groups is 1. The van der Waals surface area contributed by atoms with Crippen molar-refractivity contribution >= 4 is 17.7 Å². The molecule has 0 fully saturated rings. The number of amides is 1. The lowest BCUT2D eigenvalue weighted by atomic mass is 10.1. The molecule has 0 bridgehead atoms. The van der Waals surface area contributed by atoms with Gasteiger partial charge in [0.15, 0.2) is 0 Å². The van der Waals surface area contributed by atoms with E-state index in [0.717, 1.165) is 5.56 Å². The van der Waals surface area contributed by atoms with Crippen LogP contribution in [0.25, 0.3) is 6.08 Å². The van der Waals surface area contributed by atoms with E-state index in [0.29, 0.717) is 5.69 Å². The zero-order chi connectivity index (χ0) is 13.5.